The predicted molar refractivity (Wildman–Crippen MR) is 120 cm³/mol. The van der Waals surface area contributed by atoms with Crippen molar-refractivity contribution in [3.63, 3.8) is 0 Å². The molecule has 166 valence electrons. The average molecular weight is 436 g/mol. The third-order valence-corrected chi connectivity index (χ3v) is 4.09. The molecule has 0 aliphatic heterocycles. The summed E-state index contributed by atoms with van der Waals surface area (Å²) in [5.74, 6) is -1.28. The molecular formula is C25H24O7. The minimum absolute atomic E-state index is 0.0295. The van der Waals surface area contributed by atoms with E-state index in [4.69, 9.17) is 18.9 Å². The standard InChI is InChI=1S/C25H24O7/c1-14(2)23(26)30-19-10-8-17(12-21(19)29-7)18-9-11-20(31-24(27)15(3)4)22(13-18)32-25(28)16(5)6/h8-13H,1,3,5H2,2,4,6-7H3. The normalized spacial score (nSPS) is 10.0. The lowest BCUT2D eigenvalue weighted by molar-refractivity contribution is -0.132. The van der Waals surface area contributed by atoms with E-state index in [1.807, 2.05) is 0 Å². The average Bonchev–Trinajstić information content (AvgIpc) is 2.74. The smallest absolute Gasteiger partial charge is 0.338 e. The first-order valence-electron chi connectivity index (χ1n) is 9.49. The van der Waals surface area contributed by atoms with Gasteiger partial charge in [-0.2, -0.15) is 0 Å². The van der Waals surface area contributed by atoms with Gasteiger partial charge in [0.15, 0.2) is 23.0 Å². The van der Waals surface area contributed by atoms with Gasteiger partial charge in [-0.15, -0.1) is 0 Å². The molecule has 0 spiro atoms. The summed E-state index contributed by atoms with van der Waals surface area (Å²) in [6.45, 7) is 15.2. The van der Waals surface area contributed by atoms with E-state index in [1.54, 1.807) is 31.2 Å². The maximum absolute atomic E-state index is 12.1. The molecule has 0 radical (unpaired) electrons. The predicted octanol–water partition coefficient (Wildman–Crippen LogP) is 4.81. The van der Waals surface area contributed by atoms with E-state index in [0.29, 0.717) is 16.9 Å². The number of benzene rings is 2. The number of rotatable bonds is 8. The Balaban J connectivity index is 2.48. The molecule has 0 amide bonds. The molecule has 7 heteroatoms. The van der Waals surface area contributed by atoms with Crippen molar-refractivity contribution in [1.82, 2.24) is 0 Å². The van der Waals surface area contributed by atoms with Gasteiger partial charge in [0, 0.05) is 16.7 Å². The molecule has 32 heavy (non-hydrogen) atoms. The van der Waals surface area contributed by atoms with Crippen LogP contribution in [0.1, 0.15) is 20.8 Å². The second kappa shape index (κ2) is 10.3. The summed E-state index contributed by atoms with van der Waals surface area (Å²) in [4.78, 5) is 35.9. The summed E-state index contributed by atoms with van der Waals surface area (Å²) in [5, 5.41) is 0. The Kier molecular flexibility index (Phi) is 7.74. The molecule has 0 atom stereocenters. The zero-order valence-electron chi connectivity index (χ0n) is 18.4. The summed E-state index contributed by atoms with van der Waals surface area (Å²) < 4.78 is 21.2. The lowest BCUT2D eigenvalue weighted by atomic mass is 10.0. The number of carbonyl (C=O) groups is 3. The maximum Gasteiger partial charge on any atom is 0.338 e. The third-order valence-electron chi connectivity index (χ3n) is 4.09. The first kappa shape index (κ1) is 24.1. The highest BCUT2D eigenvalue weighted by atomic mass is 16.6. The fraction of sp³-hybridized carbons (Fsp3) is 0.160. The van der Waals surface area contributed by atoms with E-state index in [1.165, 1.54) is 33.1 Å². The van der Waals surface area contributed by atoms with Crippen LogP contribution in [-0.4, -0.2) is 25.0 Å². The molecule has 0 fully saturated rings. The molecule has 0 bridgehead atoms. The van der Waals surface area contributed by atoms with Gasteiger partial charge in [0.2, 0.25) is 0 Å². The minimum atomic E-state index is -0.672. The molecular weight excluding hydrogens is 412 g/mol. The molecule has 0 saturated carbocycles. The van der Waals surface area contributed by atoms with Crippen LogP contribution in [0, 0.1) is 0 Å². The van der Waals surface area contributed by atoms with Crippen LogP contribution < -0.4 is 18.9 Å². The summed E-state index contributed by atoms with van der Waals surface area (Å²) in [6, 6.07) is 9.63. The summed E-state index contributed by atoms with van der Waals surface area (Å²) in [6.07, 6.45) is 0. The molecule has 0 aliphatic rings. The number of carbonyl (C=O) groups excluding carboxylic acids is 3. The third kappa shape index (κ3) is 5.95. The van der Waals surface area contributed by atoms with Gasteiger partial charge in [-0.25, -0.2) is 14.4 Å². The SMILES string of the molecule is C=C(C)C(=O)Oc1ccc(-c2ccc(OC(=O)C(=C)C)c(OC(=O)C(=C)C)c2)cc1OC. The summed E-state index contributed by atoms with van der Waals surface area (Å²) >= 11 is 0. The fourth-order valence-corrected chi connectivity index (χ4v) is 2.34. The van der Waals surface area contributed by atoms with Gasteiger partial charge >= 0.3 is 17.9 Å². The molecule has 7 nitrogen and oxygen atoms in total. The second-order valence-electron chi connectivity index (χ2n) is 7.04. The Labute approximate surface area is 186 Å². The molecule has 0 aliphatic carbocycles. The number of esters is 3. The van der Waals surface area contributed by atoms with Crippen molar-refractivity contribution in [2.24, 2.45) is 0 Å². The molecule has 0 heterocycles. The van der Waals surface area contributed by atoms with Gasteiger partial charge in [-0.1, -0.05) is 31.9 Å². The van der Waals surface area contributed by atoms with Crippen LogP contribution >= 0.6 is 0 Å². The van der Waals surface area contributed by atoms with Crippen molar-refractivity contribution in [2.45, 2.75) is 20.8 Å². The van der Waals surface area contributed by atoms with Gasteiger partial charge in [0.25, 0.3) is 0 Å². The van der Waals surface area contributed by atoms with Crippen molar-refractivity contribution in [1.29, 1.82) is 0 Å². The molecule has 2 aromatic rings. The van der Waals surface area contributed by atoms with Crippen LogP contribution in [-0.2, 0) is 14.4 Å². The molecule has 0 unspecified atom stereocenters. The Hall–Kier alpha value is -4.13. The van der Waals surface area contributed by atoms with Gasteiger partial charge < -0.3 is 18.9 Å². The van der Waals surface area contributed by atoms with Crippen molar-refractivity contribution >= 4 is 17.9 Å². The Bertz CT molecular complexity index is 1130. The molecule has 0 N–H and O–H groups in total. The van der Waals surface area contributed by atoms with Crippen molar-refractivity contribution in [3.05, 3.63) is 72.9 Å². The first-order valence-corrected chi connectivity index (χ1v) is 9.49. The first-order chi connectivity index (χ1) is 15.0. The van der Waals surface area contributed by atoms with E-state index >= 15 is 0 Å². The number of hydrogen-bond donors (Lipinski definition) is 0. The summed E-state index contributed by atoms with van der Waals surface area (Å²) in [5.41, 5.74) is 1.91. The zero-order chi connectivity index (χ0) is 24.0. The minimum Gasteiger partial charge on any atom is -0.493 e. The van der Waals surface area contributed by atoms with Crippen molar-refractivity contribution in [2.75, 3.05) is 7.11 Å². The number of ether oxygens (including phenoxy) is 4. The highest BCUT2D eigenvalue weighted by molar-refractivity contribution is 5.92. The van der Waals surface area contributed by atoms with Gasteiger partial charge in [-0.05, 0) is 56.2 Å². The van der Waals surface area contributed by atoms with E-state index in [-0.39, 0.29) is 34.0 Å². The Morgan fingerprint density at radius 3 is 1.31 bits per heavy atom. The van der Waals surface area contributed by atoms with Crippen LogP contribution in [0.4, 0.5) is 0 Å². The molecule has 2 aromatic carbocycles. The van der Waals surface area contributed by atoms with Gasteiger partial charge in [0.05, 0.1) is 7.11 Å². The van der Waals surface area contributed by atoms with Crippen molar-refractivity contribution in [3.8, 4) is 34.1 Å². The molecule has 2 rings (SSSR count). The van der Waals surface area contributed by atoms with Gasteiger partial charge in [-0.3, -0.25) is 0 Å². The number of hydrogen-bond acceptors (Lipinski definition) is 7. The van der Waals surface area contributed by atoms with Crippen molar-refractivity contribution < 1.29 is 33.3 Å². The molecule has 0 aromatic heterocycles. The van der Waals surface area contributed by atoms with Crippen LogP contribution in [0.2, 0.25) is 0 Å². The largest absolute Gasteiger partial charge is 0.493 e. The van der Waals surface area contributed by atoms with Gasteiger partial charge in [0.1, 0.15) is 0 Å². The molecule has 0 saturated heterocycles. The van der Waals surface area contributed by atoms with Crippen LogP contribution in [0.3, 0.4) is 0 Å². The summed E-state index contributed by atoms with van der Waals surface area (Å²) in [7, 11) is 1.44. The van der Waals surface area contributed by atoms with E-state index < -0.39 is 17.9 Å². The number of methoxy groups -OCH3 is 1. The highest BCUT2D eigenvalue weighted by Gasteiger charge is 2.17. The van der Waals surface area contributed by atoms with E-state index in [9.17, 15) is 14.4 Å². The van der Waals surface area contributed by atoms with Crippen LogP contribution in [0.5, 0.6) is 23.0 Å². The topological polar surface area (TPSA) is 88.1 Å². The second-order valence-corrected chi connectivity index (χ2v) is 7.04. The van der Waals surface area contributed by atoms with E-state index in [0.717, 1.165) is 0 Å². The lowest BCUT2D eigenvalue weighted by Gasteiger charge is -2.14. The van der Waals surface area contributed by atoms with E-state index in [2.05, 4.69) is 19.7 Å². The van der Waals surface area contributed by atoms with Crippen LogP contribution in [0.15, 0.2) is 72.9 Å². The maximum atomic E-state index is 12.1. The monoisotopic (exact) mass is 436 g/mol. The Morgan fingerprint density at radius 1 is 0.594 bits per heavy atom. The zero-order valence-corrected chi connectivity index (χ0v) is 18.4. The lowest BCUT2D eigenvalue weighted by Crippen LogP contribution is -2.12. The fourth-order valence-electron chi connectivity index (χ4n) is 2.34. The quantitative estimate of drug-likeness (QED) is 0.333. The van der Waals surface area contributed by atoms with Crippen LogP contribution in [0.25, 0.3) is 11.1 Å². The Morgan fingerprint density at radius 2 is 0.938 bits per heavy atom. The highest BCUT2D eigenvalue weighted by Crippen LogP contribution is 2.37.